The molecule has 0 atom stereocenters. The van der Waals surface area contributed by atoms with Crippen LogP contribution < -0.4 is 15.0 Å². The molecule has 140 valence electrons. The summed E-state index contributed by atoms with van der Waals surface area (Å²) < 4.78 is 19.0. The van der Waals surface area contributed by atoms with Crippen molar-refractivity contribution in [3.63, 3.8) is 0 Å². The van der Waals surface area contributed by atoms with Crippen molar-refractivity contribution in [3.05, 3.63) is 58.4 Å². The first-order chi connectivity index (χ1) is 12.9. The van der Waals surface area contributed by atoms with E-state index in [4.69, 9.17) is 4.74 Å². The third kappa shape index (κ3) is 4.38. The van der Waals surface area contributed by atoms with E-state index >= 15 is 0 Å². The second-order valence-electron chi connectivity index (χ2n) is 5.90. The molecule has 9 heteroatoms. The van der Waals surface area contributed by atoms with E-state index in [0.29, 0.717) is 18.7 Å². The molecule has 1 fully saturated rings. The number of anilines is 2. The number of nitro groups is 1. The van der Waals surface area contributed by atoms with E-state index in [1.54, 1.807) is 29.2 Å². The highest BCUT2D eigenvalue weighted by molar-refractivity contribution is 5.95. The molecule has 2 aromatic rings. The van der Waals surface area contributed by atoms with Crippen LogP contribution in [-0.4, -0.2) is 29.9 Å². The number of non-ortho nitro benzene ring substituents is 1. The number of amides is 2. The van der Waals surface area contributed by atoms with Gasteiger partial charge in [-0.05, 0) is 36.8 Å². The number of carbonyl (C=O) groups excluding carboxylic acids is 2. The predicted molar refractivity (Wildman–Crippen MR) is 95.2 cm³/mol. The van der Waals surface area contributed by atoms with Crippen LogP contribution in [0.2, 0.25) is 0 Å². The van der Waals surface area contributed by atoms with Gasteiger partial charge in [-0.1, -0.05) is 0 Å². The van der Waals surface area contributed by atoms with Crippen LogP contribution in [0.1, 0.15) is 12.8 Å². The number of hydrogen-bond donors (Lipinski definition) is 1. The number of benzene rings is 2. The van der Waals surface area contributed by atoms with Gasteiger partial charge >= 0.3 is 0 Å². The molecule has 0 unspecified atom stereocenters. The van der Waals surface area contributed by atoms with Crippen molar-refractivity contribution in [2.75, 3.05) is 23.4 Å². The summed E-state index contributed by atoms with van der Waals surface area (Å²) in [5.74, 6) is -0.969. The Hall–Kier alpha value is -3.49. The minimum absolute atomic E-state index is 0.0713. The molecule has 1 N–H and O–H groups in total. The van der Waals surface area contributed by atoms with Crippen molar-refractivity contribution in [1.82, 2.24) is 0 Å². The average molecular weight is 373 g/mol. The predicted octanol–water partition coefficient (Wildman–Crippen LogP) is 2.88. The molecular formula is C18H16FN3O5. The molecule has 1 aliphatic heterocycles. The van der Waals surface area contributed by atoms with Crippen molar-refractivity contribution in [2.24, 2.45) is 0 Å². The van der Waals surface area contributed by atoms with Crippen LogP contribution in [0.25, 0.3) is 0 Å². The minimum Gasteiger partial charge on any atom is -0.484 e. The maximum Gasteiger partial charge on any atom is 0.271 e. The number of hydrogen-bond acceptors (Lipinski definition) is 5. The Balaban J connectivity index is 1.57. The summed E-state index contributed by atoms with van der Waals surface area (Å²) in [6, 6.07) is 9.55. The molecule has 0 spiro atoms. The van der Waals surface area contributed by atoms with Crippen molar-refractivity contribution >= 4 is 28.9 Å². The highest BCUT2D eigenvalue weighted by Gasteiger charge is 2.21. The summed E-state index contributed by atoms with van der Waals surface area (Å²) in [4.78, 5) is 35.3. The number of carbonyl (C=O) groups is 2. The Morgan fingerprint density at radius 3 is 2.63 bits per heavy atom. The monoisotopic (exact) mass is 373 g/mol. The van der Waals surface area contributed by atoms with Gasteiger partial charge in [0.2, 0.25) is 5.91 Å². The standard InChI is InChI=1S/C18H16FN3O5/c19-15-8-5-13(22(25)26)10-16(15)20-17(23)11-27-14-6-3-12(4-7-14)21-9-1-2-18(21)24/h3-8,10H,1-2,9,11H2,(H,20,23). The van der Waals surface area contributed by atoms with Crippen molar-refractivity contribution in [3.8, 4) is 5.75 Å². The first-order valence-corrected chi connectivity index (χ1v) is 8.21. The highest BCUT2D eigenvalue weighted by Crippen LogP contribution is 2.24. The first-order valence-electron chi connectivity index (χ1n) is 8.21. The fourth-order valence-electron chi connectivity index (χ4n) is 2.70. The van der Waals surface area contributed by atoms with Gasteiger partial charge in [-0.15, -0.1) is 0 Å². The SMILES string of the molecule is O=C(COc1ccc(N2CCCC2=O)cc1)Nc1cc([N+](=O)[O-])ccc1F. The molecule has 8 nitrogen and oxygen atoms in total. The Morgan fingerprint density at radius 2 is 2.00 bits per heavy atom. The lowest BCUT2D eigenvalue weighted by molar-refractivity contribution is -0.384. The molecule has 3 rings (SSSR count). The number of nitro benzene ring substituents is 1. The van der Waals surface area contributed by atoms with Gasteiger partial charge in [-0.3, -0.25) is 19.7 Å². The quantitative estimate of drug-likeness (QED) is 0.620. The second kappa shape index (κ2) is 7.81. The summed E-state index contributed by atoms with van der Waals surface area (Å²) in [6.45, 7) is 0.278. The Bertz CT molecular complexity index is 885. The fourth-order valence-corrected chi connectivity index (χ4v) is 2.70. The molecular weight excluding hydrogens is 357 g/mol. The number of nitrogens with zero attached hydrogens (tertiary/aromatic N) is 2. The zero-order valence-electron chi connectivity index (χ0n) is 14.2. The molecule has 0 aliphatic carbocycles. The van der Waals surface area contributed by atoms with Crippen LogP contribution >= 0.6 is 0 Å². The number of nitrogens with one attached hydrogen (secondary N) is 1. The third-order valence-electron chi connectivity index (χ3n) is 4.03. The van der Waals surface area contributed by atoms with Gasteiger partial charge in [-0.25, -0.2) is 4.39 Å². The van der Waals surface area contributed by atoms with Crippen LogP contribution in [-0.2, 0) is 9.59 Å². The molecule has 27 heavy (non-hydrogen) atoms. The normalized spacial score (nSPS) is 13.5. The number of rotatable bonds is 6. The van der Waals surface area contributed by atoms with E-state index in [-0.39, 0.29) is 17.3 Å². The van der Waals surface area contributed by atoms with Crippen LogP contribution in [0.5, 0.6) is 5.75 Å². The average Bonchev–Trinajstić information content (AvgIpc) is 3.08. The summed E-state index contributed by atoms with van der Waals surface area (Å²) in [5, 5.41) is 13.0. The second-order valence-corrected chi connectivity index (χ2v) is 5.90. The molecule has 0 aromatic heterocycles. The Labute approximate surface area is 153 Å². The zero-order chi connectivity index (χ0) is 19.4. The van der Waals surface area contributed by atoms with E-state index in [1.165, 1.54) is 0 Å². The molecule has 1 saturated heterocycles. The maximum atomic E-state index is 13.7. The first kappa shape index (κ1) is 18.3. The third-order valence-corrected chi connectivity index (χ3v) is 4.03. The van der Waals surface area contributed by atoms with Crippen molar-refractivity contribution in [1.29, 1.82) is 0 Å². The lowest BCUT2D eigenvalue weighted by atomic mass is 10.2. The molecule has 0 bridgehead atoms. The Kier molecular flexibility index (Phi) is 5.30. The molecule has 1 aliphatic rings. The molecule has 2 aromatic carbocycles. The molecule has 0 radical (unpaired) electrons. The van der Waals surface area contributed by atoms with Crippen molar-refractivity contribution < 1.29 is 23.6 Å². The van der Waals surface area contributed by atoms with E-state index in [1.807, 2.05) is 0 Å². The van der Waals surface area contributed by atoms with Crippen molar-refractivity contribution in [2.45, 2.75) is 12.8 Å². The minimum atomic E-state index is -0.784. The summed E-state index contributed by atoms with van der Waals surface area (Å²) in [5.41, 5.74) is 0.133. The largest absolute Gasteiger partial charge is 0.484 e. The van der Waals surface area contributed by atoms with Gasteiger partial charge in [-0.2, -0.15) is 0 Å². The Morgan fingerprint density at radius 1 is 1.26 bits per heavy atom. The van der Waals surface area contributed by atoms with Crippen LogP contribution in [0, 0.1) is 15.9 Å². The summed E-state index contributed by atoms with van der Waals surface area (Å²) in [7, 11) is 0. The molecule has 1 heterocycles. The number of halogens is 1. The zero-order valence-corrected chi connectivity index (χ0v) is 14.2. The van der Waals surface area contributed by atoms with E-state index < -0.39 is 23.3 Å². The fraction of sp³-hybridized carbons (Fsp3) is 0.222. The molecule has 0 saturated carbocycles. The van der Waals surface area contributed by atoms with E-state index in [2.05, 4.69) is 5.32 Å². The summed E-state index contributed by atoms with van der Waals surface area (Å²) in [6.07, 6.45) is 1.36. The lowest BCUT2D eigenvalue weighted by Gasteiger charge is -2.16. The van der Waals surface area contributed by atoms with Gasteiger partial charge in [0.15, 0.2) is 6.61 Å². The van der Waals surface area contributed by atoms with Gasteiger partial charge in [0.1, 0.15) is 11.6 Å². The topological polar surface area (TPSA) is 102 Å². The van der Waals surface area contributed by atoms with Crippen LogP contribution in [0.3, 0.4) is 0 Å². The van der Waals surface area contributed by atoms with Gasteiger partial charge in [0.05, 0.1) is 10.6 Å². The van der Waals surface area contributed by atoms with Crippen LogP contribution in [0.15, 0.2) is 42.5 Å². The number of ether oxygens (including phenoxy) is 1. The molecule has 2 amide bonds. The van der Waals surface area contributed by atoms with E-state index in [0.717, 1.165) is 30.3 Å². The smallest absolute Gasteiger partial charge is 0.271 e. The van der Waals surface area contributed by atoms with Crippen LogP contribution in [0.4, 0.5) is 21.5 Å². The van der Waals surface area contributed by atoms with Gasteiger partial charge < -0.3 is 15.0 Å². The van der Waals surface area contributed by atoms with Gasteiger partial charge in [0.25, 0.3) is 11.6 Å². The lowest BCUT2D eigenvalue weighted by Crippen LogP contribution is -2.23. The highest BCUT2D eigenvalue weighted by atomic mass is 19.1. The van der Waals surface area contributed by atoms with E-state index in [9.17, 15) is 24.1 Å². The van der Waals surface area contributed by atoms with Gasteiger partial charge in [0, 0.05) is 30.8 Å². The summed E-state index contributed by atoms with van der Waals surface area (Å²) >= 11 is 0. The maximum absolute atomic E-state index is 13.7.